The van der Waals surface area contributed by atoms with Gasteiger partial charge in [0, 0.05) is 12.1 Å². The zero-order valence-electron chi connectivity index (χ0n) is 12.7. The number of piperidine rings is 1. The summed E-state index contributed by atoms with van der Waals surface area (Å²) < 4.78 is 0. The van der Waals surface area contributed by atoms with E-state index >= 15 is 0 Å². The minimum atomic E-state index is 0.0963. The number of likely N-dealkylation sites (N-methyl/N-ethyl adjacent to an activating group) is 1. The summed E-state index contributed by atoms with van der Waals surface area (Å²) in [4.78, 5) is 2.42. The SMILES string of the molecule is CN1CCCCC1C(N)c1cccc(-c2ccccc2)c1. The number of nitrogens with two attached hydrogens (primary N) is 1. The Morgan fingerprint density at radius 1 is 1.00 bits per heavy atom. The molecule has 1 fully saturated rings. The molecule has 0 aliphatic carbocycles. The molecule has 1 aliphatic rings. The van der Waals surface area contributed by atoms with Crippen molar-refractivity contribution in [2.75, 3.05) is 13.6 Å². The van der Waals surface area contributed by atoms with Crippen LogP contribution in [0, 0.1) is 0 Å². The highest BCUT2D eigenvalue weighted by molar-refractivity contribution is 5.64. The lowest BCUT2D eigenvalue weighted by Gasteiger charge is -2.36. The first-order valence-electron chi connectivity index (χ1n) is 7.87. The van der Waals surface area contributed by atoms with E-state index in [4.69, 9.17) is 5.73 Å². The third-order valence-corrected chi connectivity index (χ3v) is 4.62. The molecule has 2 unspecified atom stereocenters. The summed E-state index contributed by atoms with van der Waals surface area (Å²) >= 11 is 0. The third kappa shape index (κ3) is 3.17. The van der Waals surface area contributed by atoms with Crippen LogP contribution < -0.4 is 5.73 Å². The Hall–Kier alpha value is -1.64. The number of nitrogens with zero attached hydrogens (tertiary/aromatic N) is 1. The van der Waals surface area contributed by atoms with Crippen LogP contribution in [0.5, 0.6) is 0 Å². The normalized spacial score (nSPS) is 21.1. The van der Waals surface area contributed by atoms with Crippen LogP contribution in [-0.2, 0) is 0 Å². The van der Waals surface area contributed by atoms with Crippen molar-refractivity contribution in [2.24, 2.45) is 5.73 Å². The van der Waals surface area contributed by atoms with Gasteiger partial charge in [-0.15, -0.1) is 0 Å². The van der Waals surface area contributed by atoms with Crippen LogP contribution in [0.3, 0.4) is 0 Å². The molecule has 2 nitrogen and oxygen atoms in total. The summed E-state index contributed by atoms with van der Waals surface area (Å²) in [6.45, 7) is 1.16. The minimum absolute atomic E-state index is 0.0963. The topological polar surface area (TPSA) is 29.3 Å². The maximum Gasteiger partial charge on any atom is 0.0453 e. The van der Waals surface area contributed by atoms with Crippen LogP contribution >= 0.6 is 0 Å². The van der Waals surface area contributed by atoms with Crippen LogP contribution in [0.2, 0.25) is 0 Å². The quantitative estimate of drug-likeness (QED) is 0.925. The Morgan fingerprint density at radius 2 is 1.76 bits per heavy atom. The van der Waals surface area contributed by atoms with Crippen molar-refractivity contribution in [1.29, 1.82) is 0 Å². The number of benzene rings is 2. The Kier molecular flexibility index (Phi) is 4.37. The van der Waals surface area contributed by atoms with Crippen molar-refractivity contribution >= 4 is 0 Å². The first-order chi connectivity index (χ1) is 10.3. The zero-order valence-corrected chi connectivity index (χ0v) is 12.7. The highest BCUT2D eigenvalue weighted by Crippen LogP contribution is 2.28. The molecule has 2 aromatic rings. The third-order valence-electron chi connectivity index (χ3n) is 4.62. The smallest absolute Gasteiger partial charge is 0.0453 e. The van der Waals surface area contributed by atoms with Gasteiger partial charge in [0.1, 0.15) is 0 Å². The van der Waals surface area contributed by atoms with Gasteiger partial charge in [0.2, 0.25) is 0 Å². The van der Waals surface area contributed by atoms with Gasteiger partial charge in [-0.25, -0.2) is 0 Å². The summed E-state index contributed by atoms with van der Waals surface area (Å²) in [7, 11) is 2.20. The van der Waals surface area contributed by atoms with Crippen LogP contribution in [0.4, 0.5) is 0 Å². The van der Waals surface area contributed by atoms with E-state index in [-0.39, 0.29) is 6.04 Å². The predicted octanol–water partition coefficient (Wildman–Crippen LogP) is 3.84. The predicted molar refractivity (Wildman–Crippen MR) is 89.1 cm³/mol. The largest absolute Gasteiger partial charge is 0.323 e. The number of rotatable bonds is 3. The molecule has 0 radical (unpaired) electrons. The van der Waals surface area contributed by atoms with Gasteiger partial charge in [0.25, 0.3) is 0 Å². The lowest BCUT2D eigenvalue weighted by Crippen LogP contribution is -2.43. The van der Waals surface area contributed by atoms with Crippen LogP contribution in [0.15, 0.2) is 54.6 Å². The van der Waals surface area contributed by atoms with Gasteiger partial charge >= 0.3 is 0 Å². The van der Waals surface area contributed by atoms with E-state index in [1.165, 1.54) is 36.0 Å². The molecular formula is C19H24N2. The summed E-state index contributed by atoms with van der Waals surface area (Å²) in [6, 6.07) is 19.8. The van der Waals surface area contributed by atoms with E-state index in [9.17, 15) is 0 Å². The molecule has 0 amide bonds. The second-order valence-corrected chi connectivity index (χ2v) is 6.06. The molecule has 21 heavy (non-hydrogen) atoms. The molecule has 3 rings (SSSR count). The second-order valence-electron chi connectivity index (χ2n) is 6.06. The fraction of sp³-hybridized carbons (Fsp3) is 0.368. The van der Waals surface area contributed by atoms with Crippen molar-refractivity contribution in [2.45, 2.75) is 31.3 Å². The molecular weight excluding hydrogens is 256 g/mol. The molecule has 2 N–H and O–H groups in total. The first kappa shape index (κ1) is 14.3. The van der Waals surface area contributed by atoms with E-state index < -0.39 is 0 Å². The minimum Gasteiger partial charge on any atom is -0.323 e. The highest BCUT2D eigenvalue weighted by atomic mass is 15.1. The standard InChI is InChI=1S/C19H24N2/c1-21-13-6-5-12-18(21)19(20)17-11-7-10-16(14-17)15-8-3-2-4-9-15/h2-4,7-11,14,18-19H,5-6,12-13,20H2,1H3. The molecule has 1 aliphatic heterocycles. The fourth-order valence-electron chi connectivity index (χ4n) is 3.33. The monoisotopic (exact) mass is 280 g/mol. The molecule has 0 saturated carbocycles. The molecule has 2 atom stereocenters. The fourth-order valence-corrected chi connectivity index (χ4v) is 3.33. The lowest BCUT2D eigenvalue weighted by atomic mass is 9.90. The van der Waals surface area contributed by atoms with Gasteiger partial charge in [-0.3, -0.25) is 0 Å². The van der Waals surface area contributed by atoms with Crippen molar-refractivity contribution in [1.82, 2.24) is 4.90 Å². The number of hydrogen-bond acceptors (Lipinski definition) is 2. The van der Waals surface area contributed by atoms with Crippen molar-refractivity contribution < 1.29 is 0 Å². The van der Waals surface area contributed by atoms with Crippen molar-refractivity contribution in [3.05, 3.63) is 60.2 Å². The van der Waals surface area contributed by atoms with Gasteiger partial charge in [0.15, 0.2) is 0 Å². The van der Waals surface area contributed by atoms with E-state index in [2.05, 4.69) is 66.5 Å². The summed E-state index contributed by atoms with van der Waals surface area (Å²) in [6.07, 6.45) is 3.79. The van der Waals surface area contributed by atoms with Gasteiger partial charge < -0.3 is 10.6 Å². The Bertz CT molecular complexity index is 579. The van der Waals surface area contributed by atoms with E-state index in [0.717, 1.165) is 6.54 Å². The lowest BCUT2D eigenvalue weighted by molar-refractivity contribution is 0.160. The molecule has 2 aromatic carbocycles. The molecule has 0 spiro atoms. The maximum atomic E-state index is 6.57. The Balaban J connectivity index is 1.85. The molecule has 2 heteroatoms. The Morgan fingerprint density at radius 3 is 2.52 bits per heavy atom. The van der Waals surface area contributed by atoms with Crippen LogP contribution in [-0.4, -0.2) is 24.5 Å². The van der Waals surface area contributed by atoms with Gasteiger partial charge in [-0.05, 0) is 49.2 Å². The van der Waals surface area contributed by atoms with Crippen LogP contribution in [0.25, 0.3) is 11.1 Å². The number of hydrogen-bond donors (Lipinski definition) is 1. The number of likely N-dealkylation sites (tertiary alicyclic amines) is 1. The van der Waals surface area contributed by atoms with E-state index in [1.54, 1.807) is 0 Å². The summed E-state index contributed by atoms with van der Waals surface area (Å²) in [5.74, 6) is 0. The Labute approximate surface area is 127 Å². The highest BCUT2D eigenvalue weighted by Gasteiger charge is 2.26. The van der Waals surface area contributed by atoms with Crippen molar-refractivity contribution in [3.8, 4) is 11.1 Å². The molecule has 1 saturated heterocycles. The average molecular weight is 280 g/mol. The van der Waals surface area contributed by atoms with E-state index in [0.29, 0.717) is 6.04 Å². The first-order valence-corrected chi connectivity index (χ1v) is 7.87. The second kappa shape index (κ2) is 6.42. The van der Waals surface area contributed by atoms with Gasteiger partial charge in [0.05, 0.1) is 0 Å². The van der Waals surface area contributed by atoms with Gasteiger partial charge in [-0.2, -0.15) is 0 Å². The van der Waals surface area contributed by atoms with Crippen molar-refractivity contribution in [3.63, 3.8) is 0 Å². The molecule has 0 aromatic heterocycles. The van der Waals surface area contributed by atoms with E-state index in [1.807, 2.05) is 0 Å². The summed E-state index contributed by atoms with van der Waals surface area (Å²) in [5, 5.41) is 0. The molecule has 0 bridgehead atoms. The summed E-state index contributed by atoms with van der Waals surface area (Å²) in [5.41, 5.74) is 10.3. The average Bonchev–Trinajstić information content (AvgIpc) is 2.56. The van der Waals surface area contributed by atoms with Gasteiger partial charge in [-0.1, -0.05) is 55.0 Å². The molecule has 1 heterocycles. The molecule has 110 valence electrons. The zero-order chi connectivity index (χ0) is 14.7. The maximum absolute atomic E-state index is 6.57. The van der Waals surface area contributed by atoms with Crippen LogP contribution in [0.1, 0.15) is 30.9 Å².